The molecule has 9 heteroatoms. The maximum atomic E-state index is 12.6. The van der Waals surface area contributed by atoms with Gasteiger partial charge in [0.2, 0.25) is 5.91 Å². The molecule has 7 atom stereocenters. The van der Waals surface area contributed by atoms with Crippen LogP contribution in [0.15, 0.2) is 12.2 Å². The first-order chi connectivity index (χ1) is 19.4. The molecule has 40 heavy (non-hydrogen) atoms. The molecule has 0 bridgehead atoms. The molecule has 0 aromatic carbocycles. The first-order valence-electron chi connectivity index (χ1n) is 15.8. The highest BCUT2D eigenvalue weighted by atomic mass is 16.7. The quantitative estimate of drug-likeness (QED) is 0.0858. The summed E-state index contributed by atoms with van der Waals surface area (Å²) in [4.78, 5) is 12.6. The number of rotatable bonds is 24. The van der Waals surface area contributed by atoms with Crippen LogP contribution < -0.4 is 5.32 Å². The third-order valence-electron chi connectivity index (χ3n) is 7.61. The Morgan fingerprint density at radius 1 is 0.850 bits per heavy atom. The normalized spacial score (nSPS) is 24.8. The number of aliphatic hydroxyl groups excluding tert-OH is 4. The second-order valence-electron chi connectivity index (χ2n) is 11.1. The second kappa shape index (κ2) is 23.5. The molecule has 1 amide bonds. The number of allylic oxidation sites excluding steroid dienone is 1. The van der Waals surface area contributed by atoms with Gasteiger partial charge in [0.05, 0.1) is 25.4 Å². The van der Waals surface area contributed by atoms with E-state index in [1.54, 1.807) is 7.11 Å². The summed E-state index contributed by atoms with van der Waals surface area (Å²) >= 11 is 0. The van der Waals surface area contributed by atoms with Gasteiger partial charge in [-0.15, -0.1) is 0 Å². The Balaban J connectivity index is 2.55. The van der Waals surface area contributed by atoms with E-state index in [1.807, 2.05) is 6.08 Å². The molecule has 0 aromatic heterocycles. The first kappa shape index (κ1) is 37.0. The highest BCUT2D eigenvalue weighted by Gasteiger charge is 2.44. The number of ether oxygens (including phenoxy) is 3. The van der Waals surface area contributed by atoms with E-state index in [2.05, 4.69) is 25.2 Å². The summed E-state index contributed by atoms with van der Waals surface area (Å²) < 4.78 is 16.9. The average Bonchev–Trinajstić information content (AvgIpc) is 2.95. The highest BCUT2D eigenvalue weighted by molar-refractivity contribution is 5.76. The van der Waals surface area contributed by atoms with Crippen LogP contribution in [0.25, 0.3) is 0 Å². The van der Waals surface area contributed by atoms with Gasteiger partial charge in [-0.3, -0.25) is 4.79 Å². The summed E-state index contributed by atoms with van der Waals surface area (Å²) in [7, 11) is 1.57. The molecular weight excluding hydrogens is 514 g/mol. The van der Waals surface area contributed by atoms with E-state index < -0.39 is 49.5 Å². The molecule has 1 rings (SSSR count). The lowest BCUT2D eigenvalue weighted by Crippen LogP contribution is -2.60. The molecule has 0 aliphatic carbocycles. The Morgan fingerprint density at radius 2 is 1.43 bits per heavy atom. The van der Waals surface area contributed by atoms with Gasteiger partial charge >= 0.3 is 0 Å². The van der Waals surface area contributed by atoms with Gasteiger partial charge < -0.3 is 40.0 Å². The monoisotopic (exact) mass is 573 g/mol. The maximum absolute atomic E-state index is 12.6. The van der Waals surface area contributed by atoms with Gasteiger partial charge in [-0.25, -0.2) is 0 Å². The van der Waals surface area contributed by atoms with Crippen LogP contribution in [0.1, 0.15) is 117 Å². The summed E-state index contributed by atoms with van der Waals surface area (Å²) in [5.74, 6) is -0.114. The molecule has 236 valence electrons. The smallest absolute Gasteiger partial charge is 0.220 e. The number of methoxy groups -OCH3 is 1. The third-order valence-corrected chi connectivity index (χ3v) is 7.61. The van der Waals surface area contributed by atoms with Gasteiger partial charge in [0.25, 0.3) is 0 Å². The number of unbranched alkanes of at least 4 members (excludes halogenated alkanes) is 13. The molecule has 0 aromatic rings. The lowest BCUT2D eigenvalue weighted by Gasteiger charge is -2.40. The van der Waals surface area contributed by atoms with E-state index >= 15 is 0 Å². The first-order valence-corrected chi connectivity index (χ1v) is 15.8. The van der Waals surface area contributed by atoms with Crippen molar-refractivity contribution in [3.63, 3.8) is 0 Å². The number of hydrogen-bond acceptors (Lipinski definition) is 8. The number of amides is 1. The van der Waals surface area contributed by atoms with Gasteiger partial charge in [0.1, 0.15) is 24.4 Å². The Morgan fingerprint density at radius 3 is 2.00 bits per heavy atom. The number of nitrogens with one attached hydrogen (secondary N) is 1. The predicted octanol–water partition coefficient (Wildman–Crippen LogP) is 4.14. The Hall–Kier alpha value is -1.07. The van der Waals surface area contributed by atoms with Crippen LogP contribution >= 0.6 is 0 Å². The number of aliphatic hydroxyl groups is 4. The van der Waals surface area contributed by atoms with E-state index in [0.29, 0.717) is 6.42 Å². The zero-order chi connectivity index (χ0) is 29.6. The van der Waals surface area contributed by atoms with Gasteiger partial charge in [-0.05, 0) is 19.3 Å². The average molecular weight is 574 g/mol. The Bertz CT molecular complexity index is 647. The fourth-order valence-corrected chi connectivity index (χ4v) is 4.97. The van der Waals surface area contributed by atoms with Crippen molar-refractivity contribution in [2.75, 3.05) is 20.3 Å². The molecule has 5 N–H and O–H groups in total. The number of carbonyl (C=O) groups excluding carboxylic acids is 1. The predicted molar refractivity (Wildman–Crippen MR) is 157 cm³/mol. The van der Waals surface area contributed by atoms with Gasteiger partial charge in [0, 0.05) is 13.5 Å². The van der Waals surface area contributed by atoms with Crippen molar-refractivity contribution in [2.45, 2.75) is 159 Å². The minimum absolute atomic E-state index is 0.0521. The molecule has 0 spiro atoms. The Labute approximate surface area is 242 Å². The van der Waals surface area contributed by atoms with Gasteiger partial charge in [-0.1, -0.05) is 103 Å². The summed E-state index contributed by atoms with van der Waals surface area (Å²) in [6.45, 7) is 3.74. The number of carbonyl (C=O) groups is 1. The van der Waals surface area contributed by atoms with Crippen molar-refractivity contribution >= 4 is 5.91 Å². The highest BCUT2D eigenvalue weighted by Crippen LogP contribution is 2.22. The molecule has 1 fully saturated rings. The van der Waals surface area contributed by atoms with Crippen molar-refractivity contribution in [1.82, 2.24) is 5.32 Å². The number of hydrogen-bond donors (Lipinski definition) is 5. The van der Waals surface area contributed by atoms with E-state index in [4.69, 9.17) is 14.2 Å². The summed E-state index contributed by atoms with van der Waals surface area (Å²) in [5.41, 5.74) is 0. The minimum atomic E-state index is -1.53. The van der Waals surface area contributed by atoms with Crippen molar-refractivity contribution in [1.29, 1.82) is 0 Å². The van der Waals surface area contributed by atoms with Crippen LogP contribution in [0.3, 0.4) is 0 Å². The Kier molecular flexibility index (Phi) is 21.7. The summed E-state index contributed by atoms with van der Waals surface area (Å²) in [5, 5.41) is 42.8. The maximum Gasteiger partial charge on any atom is 0.220 e. The fourth-order valence-electron chi connectivity index (χ4n) is 4.97. The SMILES string of the molecule is CCCCCCCCCCCCC/C=C/[C@H](OC)[C@H](CO[C@@H]1OC(CO)[C@@H](O)C(O)[C@@H]1O)NC(=O)CCCCC. The van der Waals surface area contributed by atoms with Crippen LogP contribution in [-0.2, 0) is 19.0 Å². The topological polar surface area (TPSA) is 138 Å². The van der Waals surface area contributed by atoms with Crippen molar-refractivity contribution in [3.8, 4) is 0 Å². The lowest BCUT2D eigenvalue weighted by molar-refractivity contribution is -0.302. The summed E-state index contributed by atoms with van der Waals surface area (Å²) in [6, 6.07) is -0.555. The lowest BCUT2D eigenvalue weighted by atomic mass is 9.99. The third kappa shape index (κ3) is 15.2. The zero-order valence-electron chi connectivity index (χ0n) is 25.3. The zero-order valence-corrected chi connectivity index (χ0v) is 25.3. The van der Waals surface area contributed by atoms with E-state index in [0.717, 1.165) is 32.1 Å². The van der Waals surface area contributed by atoms with Gasteiger partial charge in [-0.2, -0.15) is 0 Å². The van der Waals surface area contributed by atoms with Crippen LogP contribution in [0, 0.1) is 0 Å². The second-order valence-corrected chi connectivity index (χ2v) is 11.1. The molecule has 0 radical (unpaired) electrons. The van der Waals surface area contributed by atoms with Crippen LogP contribution in [-0.4, -0.2) is 89.5 Å². The van der Waals surface area contributed by atoms with E-state index in [9.17, 15) is 25.2 Å². The minimum Gasteiger partial charge on any atom is -0.394 e. The molecule has 1 heterocycles. The van der Waals surface area contributed by atoms with E-state index in [-0.39, 0.29) is 12.5 Å². The van der Waals surface area contributed by atoms with E-state index in [1.165, 1.54) is 64.2 Å². The molecule has 9 nitrogen and oxygen atoms in total. The molecule has 1 aliphatic rings. The van der Waals surface area contributed by atoms with Crippen LogP contribution in [0.4, 0.5) is 0 Å². The van der Waals surface area contributed by atoms with Crippen LogP contribution in [0.2, 0.25) is 0 Å². The molecular formula is C31H59NO8. The fraction of sp³-hybridized carbons (Fsp3) is 0.903. The molecule has 0 saturated carbocycles. The van der Waals surface area contributed by atoms with Crippen molar-refractivity contribution in [3.05, 3.63) is 12.2 Å². The van der Waals surface area contributed by atoms with Gasteiger partial charge in [0.15, 0.2) is 6.29 Å². The standard InChI is InChI=1S/C31H59NO8/c1-4-6-8-9-10-11-12-13-14-15-16-17-19-20-25(38-3)24(32-27(34)21-18-7-5-2)23-39-31-30(37)29(36)28(35)26(22-33)40-31/h19-20,24-26,28-31,33,35-37H,4-18,21-23H2,1-3H3,(H,32,34)/b20-19+/t24-,25-,26?,28+,29?,30-,31+/m0/s1. The summed E-state index contributed by atoms with van der Waals surface area (Å²) in [6.07, 6.45) is 15.0. The van der Waals surface area contributed by atoms with Crippen LogP contribution in [0.5, 0.6) is 0 Å². The molecule has 2 unspecified atom stereocenters. The largest absolute Gasteiger partial charge is 0.394 e. The van der Waals surface area contributed by atoms with Crippen molar-refractivity contribution < 1.29 is 39.4 Å². The molecule has 1 aliphatic heterocycles. The molecule has 1 saturated heterocycles. The van der Waals surface area contributed by atoms with Crippen molar-refractivity contribution in [2.24, 2.45) is 0 Å².